The van der Waals surface area contributed by atoms with Crippen molar-refractivity contribution in [1.82, 2.24) is 5.32 Å². The van der Waals surface area contributed by atoms with Crippen molar-refractivity contribution in [3.63, 3.8) is 0 Å². The maximum absolute atomic E-state index is 12.9. The molecule has 2 aromatic carbocycles. The smallest absolute Gasteiger partial charge is 0.321 e. The molecule has 1 atom stereocenters. The number of Topliss-reactive ketones (excluding diaryl/α,β-unsaturated/α-hetero) is 1. The molecule has 0 unspecified atom stereocenters. The maximum Gasteiger partial charge on any atom is 0.321 e. The first-order valence-electron chi connectivity index (χ1n) is 8.20. The minimum Gasteiger partial charge on any atom is -0.480 e. The molecule has 2 aromatic rings. The van der Waals surface area contributed by atoms with E-state index in [4.69, 9.17) is 0 Å². The summed E-state index contributed by atoms with van der Waals surface area (Å²) in [5.74, 6) is -1.30. The highest BCUT2D eigenvalue weighted by Gasteiger charge is 2.21. The molecule has 2 N–H and O–H groups in total. The van der Waals surface area contributed by atoms with E-state index in [9.17, 15) is 19.1 Å². The zero-order chi connectivity index (χ0) is 18.4. The fourth-order valence-electron chi connectivity index (χ4n) is 2.45. The van der Waals surface area contributed by atoms with Crippen molar-refractivity contribution >= 4 is 11.8 Å². The van der Waals surface area contributed by atoms with Gasteiger partial charge in [-0.2, -0.15) is 0 Å². The van der Waals surface area contributed by atoms with Crippen LogP contribution in [0.3, 0.4) is 0 Å². The summed E-state index contributed by atoms with van der Waals surface area (Å²) in [6, 6.07) is 12.0. The van der Waals surface area contributed by atoms with Gasteiger partial charge in [0.2, 0.25) is 0 Å². The topological polar surface area (TPSA) is 66.4 Å². The molecule has 5 heteroatoms. The van der Waals surface area contributed by atoms with Crippen LogP contribution < -0.4 is 5.32 Å². The molecule has 0 fully saturated rings. The van der Waals surface area contributed by atoms with Crippen LogP contribution in [0.1, 0.15) is 47.7 Å². The lowest BCUT2D eigenvalue weighted by molar-refractivity contribution is -0.139. The van der Waals surface area contributed by atoms with Gasteiger partial charge >= 0.3 is 5.97 Å². The van der Waals surface area contributed by atoms with E-state index in [1.54, 1.807) is 24.3 Å². The van der Waals surface area contributed by atoms with Crippen LogP contribution in [0.4, 0.5) is 4.39 Å². The third-order valence-corrected chi connectivity index (χ3v) is 4.05. The van der Waals surface area contributed by atoms with Gasteiger partial charge in [-0.05, 0) is 29.2 Å². The fraction of sp³-hybridized carbons (Fsp3) is 0.300. The Morgan fingerprint density at radius 1 is 1.04 bits per heavy atom. The summed E-state index contributed by atoms with van der Waals surface area (Å²) in [5.41, 5.74) is 2.38. The fourth-order valence-corrected chi connectivity index (χ4v) is 2.45. The normalized spacial score (nSPS) is 12.2. The first kappa shape index (κ1) is 18.8. The Morgan fingerprint density at radius 3 is 2.16 bits per heavy atom. The van der Waals surface area contributed by atoms with Crippen molar-refractivity contribution in [3.05, 3.63) is 71.0 Å². The second-order valence-electron chi connectivity index (χ2n) is 6.30. The second-order valence-corrected chi connectivity index (χ2v) is 6.30. The van der Waals surface area contributed by atoms with E-state index in [0.29, 0.717) is 11.5 Å². The highest BCUT2D eigenvalue weighted by molar-refractivity contribution is 5.98. The number of carboxylic acid groups (broad SMARTS) is 1. The number of carbonyl (C=O) groups excluding carboxylic acids is 1. The molecule has 0 amide bonds. The van der Waals surface area contributed by atoms with Crippen LogP contribution in [-0.4, -0.2) is 22.9 Å². The van der Waals surface area contributed by atoms with Crippen molar-refractivity contribution in [1.29, 1.82) is 0 Å². The van der Waals surface area contributed by atoms with Crippen LogP contribution in [0.15, 0.2) is 48.5 Å². The molecule has 25 heavy (non-hydrogen) atoms. The third-order valence-electron chi connectivity index (χ3n) is 4.05. The zero-order valence-corrected chi connectivity index (χ0v) is 14.3. The maximum atomic E-state index is 12.9. The summed E-state index contributed by atoms with van der Waals surface area (Å²) in [5, 5.41) is 12.2. The zero-order valence-electron chi connectivity index (χ0n) is 14.3. The molecule has 0 aliphatic carbocycles. The Bertz CT molecular complexity index is 724. The highest BCUT2D eigenvalue weighted by Crippen LogP contribution is 2.16. The van der Waals surface area contributed by atoms with E-state index in [1.165, 1.54) is 12.1 Å². The van der Waals surface area contributed by atoms with Gasteiger partial charge in [0, 0.05) is 18.5 Å². The Morgan fingerprint density at radius 2 is 1.64 bits per heavy atom. The van der Waals surface area contributed by atoms with Crippen LogP contribution in [-0.2, 0) is 11.3 Å². The molecular weight excluding hydrogens is 321 g/mol. The van der Waals surface area contributed by atoms with Gasteiger partial charge in [-0.25, -0.2) is 4.39 Å². The van der Waals surface area contributed by atoms with E-state index >= 15 is 0 Å². The number of halogens is 1. The van der Waals surface area contributed by atoms with Crippen molar-refractivity contribution in [2.24, 2.45) is 0 Å². The van der Waals surface area contributed by atoms with Gasteiger partial charge in [0.1, 0.15) is 11.9 Å². The number of carboxylic acids is 1. The Kier molecular flexibility index (Phi) is 6.42. The van der Waals surface area contributed by atoms with Gasteiger partial charge < -0.3 is 5.11 Å². The number of nitrogens with one attached hydrogen (secondary N) is 1. The lowest BCUT2D eigenvalue weighted by Gasteiger charge is -2.14. The summed E-state index contributed by atoms with van der Waals surface area (Å²) in [4.78, 5) is 23.8. The van der Waals surface area contributed by atoms with Gasteiger partial charge in [-0.3, -0.25) is 14.9 Å². The average Bonchev–Trinajstić information content (AvgIpc) is 2.59. The molecule has 0 radical (unpaired) electrons. The molecule has 0 aliphatic heterocycles. The molecular formula is C20H22FNO3. The average molecular weight is 343 g/mol. The first-order valence-corrected chi connectivity index (χ1v) is 8.20. The molecule has 2 rings (SSSR count). The van der Waals surface area contributed by atoms with Crippen molar-refractivity contribution in [2.45, 2.75) is 38.8 Å². The minimum atomic E-state index is -1.09. The van der Waals surface area contributed by atoms with E-state index in [1.807, 2.05) is 12.1 Å². The van der Waals surface area contributed by atoms with Crippen LogP contribution >= 0.6 is 0 Å². The molecule has 0 aromatic heterocycles. The van der Waals surface area contributed by atoms with Gasteiger partial charge in [-0.15, -0.1) is 0 Å². The summed E-state index contributed by atoms with van der Waals surface area (Å²) < 4.78 is 12.9. The molecule has 0 heterocycles. The number of carbonyl (C=O) groups is 2. The number of aliphatic carboxylic acids is 1. The standard InChI is InChI=1S/C20H22FNO3/c1-13(2)15-5-7-16(8-6-15)19(23)11-18(20(24)25)22-12-14-3-9-17(21)10-4-14/h3-10,13,18,22H,11-12H2,1-2H3,(H,24,25)/t18-/m1/s1. The van der Waals surface area contributed by atoms with Crippen LogP contribution in [0.2, 0.25) is 0 Å². The third kappa shape index (κ3) is 5.50. The first-order chi connectivity index (χ1) is 11.9. The summed E-state index contributed by atoms with van der Waals surface area (Å²) >= 11 is 0. The Hall–Kier alpha value is -2.53. The predicted octanol–water partition coefficient (Wildman–Crippen LogP) is 3.76. The largest absolute Gasteiger partial charge is 0.480 e. The van der Waals surface area contributed by atoms with Gasteiger partial charge in [0.15, 0.2) is 5.78 Å². The molecule has 0 spiro atoms. The van der Waals surface area contributed by atoms with E-state index in [2.05, 4.69) is 19.2 Å². The lowest BCUT2D eigenvalue weighted by Crippen LogP contribution is -2.38. The quantitative estimate of drug-likeness (QED) is 0.716. The Balaban J connectivity index is 1.99. The Labute approximate surface area is 146 Å². The van der Waals surface area contributed by atoms with Crippen LogP contribution in [0, 0.1) is 5.82 Å². The SMILES string of the molecule is CC(C)c1ccc(C(=O)C[C@@H](NCc2ccc(F)cc2)C(=O)O)cc1. The second kappa shape index (κ2) is 8.53. The summed E-state index contributed by atoms with van der Waals surface area (Å²) in [6.07, 6.45) is -0.141. The van der Waals surface area contributed by atoms with E-state index < -0.39 is 12.0 Å². The van der Waals surface area contributed by atoms with Crippen molar-refractivity contribution in [2.75, 3.05) is 0 Å². The lowest BCUT2D eigenvalue weighted by atomic mass is 9.98. The predicted molar refractivity (Wildman–Crippen MR) is 94.1 cm³/mol. The van der Waals surface area contributed by atoms with Gasteiger partial charge in [0.05, 0.1) is 0 Å². The molecule has 0 saturated heterocycles. The number of ketones is 1. The highest BCUT2D eigenvalue weighted by atomic mass is 19.1. The van der Waals surface area contributed by atoms with E-state index in [-0.39, 0.29) is 24.6 Å². The van der Waals surface area contributed by atoms with Gasteiger partial charge in [-0.1, -0.05) is 50.2 Å². The molecule has 4 nitrogen and oxygen atoms in total. The minimum absolute atomic E-state index is 0.141. The van der Waals surface area contributed by atoms with E-state index in [0.717, 1.165) is 11.1 Å². The molecule has 0 saturated carbocycles. The number of rotatable bonds is 8. The number of hydrogen-bond acceptors (Lipinski definition) is 3. The number of hydrogen-bond donors (Lipinski definition) is 2. The summed E-state index contributed by atoms with van der Waals surface area (Å²) in [7, 11) is 0. The van der Waals surface area contributed by atoms with Crippen molar-refractivity contribution < 1.29 is 19.1 Å². The molecule has 0 bridgehead atoms. The molecule has 132 valence electrons. The monoisotopic (exact) mass is 343 g/mol. The molecule has 0 aliphatic rings. The van der Waals surface area contributed by atoms with Crippen molar-refractivity contribution in [3.8, 4) is 0 Å². The van der Waals surface area contributed by atoms with Crippen LogP contribution in [0.5, 0.6) is 0 Å². The summed E-state index contributed by atoms with van der Waals surface area (Å²) in [6.45, 7) is 4.38. The van der Waals surface area contributed by atoms with Gasteiger partial charge in [0.25, 0.3) is 0 Å². The number of benzene rings is 2. The van der Waals surface area contributed by atoms with Crippen LogP contribution in [0.25, 0.3) is 0 Å².